The van der Waals surface area contributed by atoms with Gasteiger partial charge in [0, 0.05) is 4.88 Å². The predicted octanol–water partition coefficient (Wildman–Crippen LogP) is 3.36. The lowest BCUT2D eigenvalue weighted by molar-refractivity contribution is 0.0936. The summed E-state index contributed by atoms with van der Waals surface area (Å²) in [4.78, 5) is 16.5. The average molecular weight is 251 g/mol. The van der Waals surface area contributed by atoms with Gasteiger partial charge in [-0.3, -0.25) is 9.69 Å². The summed E-state index contributed by atoms with van der Waals surface area (Å²) in [5.74, 6) is 1.11. The number of nitrogens with zero attached hydrogens (tertiary/aromatic N) is 1. The highest BCUT2D eigenvalue weighted by Gasteiger charge is 2.17. The van der Waals surface area contributed by atoms with E-state index < -0.39 is 0 Å². The van der Waals surface area contributed by atoms with Crippen molar-refractivity contribution in [3.63, 3.8) is 0 Å². The Hall–Kier alpha value is -0.670. The van der Waals surface area contributed by atoms with Gasteiger partial charge in [-0.2, -0.15) is 0 Å². The minimum Gasteiger partial charge on any atom is -0.296 e. The standard InChI is InChI=1S/C14H21NOS/c1-11-4-3-8-15(9-7-11)10-13(16)14-6-5-12(2)17-14/h5-6,11H,3-4,7-10H2,1-2H3. The van der Waals surface area contributed by atoms with Gasteiger partial charge < -0.3 is 0 Å². The lowest BCUT2D eigenvalue weighted by Gasteiger charge is -2.18. The summed E-state index contributed by atoms with van der Waals surface area (Å²) in [5.41, 5.74) is 0. The molecule has 0 radical (unpaired) electrons. The van der Waals surface area contributed by atoms with Gasteiger partial charge in [0.2, 0.25) is 0 Å². The number of likely N-dealkylation sites (tertiary alicyclic amines) is 1. The average Bonchev–Trinajstić information content (AvgIpc) is 2.62. The summed E-state index contributed by atoms with van der Waals surface area (Å²) < 4.78 is 0. The van der Waals surface area contributed by atoms with Gasteiger partial charge in [0.25, 0.3) is 0 Å². The molecular formula is C14H21NOS. The molecule has 0 N–H and O–H groups in total. The van der Waals surface area contributed by atoms with Crippen molar-refractivity contribution in [1.29, 1.82) is 0 Å². The molecule has 0 spiro atoms. The van der Waals surface area contributed by atoms with Crippen LogP contribution in [0.15, 0.2) is 12.1 Å². The second-order valence-electron chi connectivity index (χ2n) is 5.15. The van der Waals surface area contributed by atoms with Gasteiger partial charge in [-0.05, 0) is 57.3 Å². The second kappa shape index (κ2) is 5.78. The van der Waals surface area contributed by atoms with E-state index >= 15 is 0 Å². The summed E-state index contributed by atoms with van der Waals surface area (Å²) in [7, 11) is 0. The van der Waals surface area contributed by atoms with Crippen molar-refractivity contribution in [1.82, 2.24) is 4.90 Å². The van der Waals surface area contributed by atoms with Crippen LogP contribution >= 0.6 is 11.3 Å². The van der Waals surface area contributed by atoms with Gasteiger partial charge in [0.05, 0.1) is 11.4 Å². The van der Waals surface area contributed by atoms with Crippen LogP contribution in [0.2, 0.25) is 0 Å². The maximum atomic E-state index is 12.1. The molecule has 0 saturated carbocycles. The van der Waals surface area contributed by atoms with E-state index in [1.165, 1.54) is 24.1 Å². The number of thiophene rings is 1. The van der Waals surface area contributed by atoms with Crippen LogP contribution in [0.5, 0.6) is 0 Å². The Balaban J connectivity index is 1.90. The van der Waals surface area contributed by atoms with Gasteiger partial charge >= 0.3 is 0 Å². The first-order valence-electron chi connectivity index (χ1n) is 6.47. The van der Waals surface area contributed by atoms with E-state index in [0.717, 1.165) is 23.9 Å². The highest BCUT2D eigenvalue weighted by Crippen LogP contribution is 2.19. The summed E-state index contributed by atoms with van der Waals surface area (Å²) in [6.45, 7) is 7.13. The summed E-state index contributed by atoms with van der Waals surface area (Å²) in [6.07, 6.45) is 3.78. The Morgan fingerprint density at radius 3 is 2.94 bits per heavy atom. The maximum absolute atomic E-state index is 12.1. The molecule has 0 aliphatic carbocycles. The molecule has 1 fully saturated rings. The zero-order chi connectivity index (χ0) is 12.3. The molecule has 1 aliphatic heterocycles. The zero-order valence-electron chi connectivity index (χ0n) is 10.7. The highest BCUT2D eigenvalue weighted by molar-refractivity contribution is 7.14. The van der Waals surface area contributed by atoms with Crippen LogP contribution in [0.4, 0.5) is 0 Å². The minimum absolute atomic E-state index is 0.289. The van der Waals surface area contributed by atoms with Crippen molar-refractivity contribution in [3.8, 4) is 0 Å². The Kier molecular flexibility index (Phi) is 4.35. The van der Waals surface area contributed by atoms with Crippen molar-refractivity contribution in [2.75, 3.05) is 19.6 Å². The van der Waals surface area contributed by atoms with E-state index in [4.69, 9.17) is 0 Å². The Morgan fingerprint density at radius 1 is 1.41 bits per heavy atom. The van der Waals surface area contributed by atoms with Crippen LogP contribution in [0.25, 0.3) is 0 Å². The quantitative estimate of drug-likeness (QED) is 0.768. The monoisotopic (exact) mass is 251 g/mol. The summed E-state index contributed by atoms with van der Waals surface area (Å²) in [6, 6.07) is 3.99. The molecule has 2 heterocycles. The first kappa shape index (κ1) is 12.8. The van der Waals surface area contributed by atoms with Crippen LogP contribution < -0.4 is 0 Å². The molecule has 2 nitrogen and oxygen atoms in total. The van der Waals surface area contributed by atoms with E-state index in [1.54, 1.807) is 11.3 Å². The molecule has 1 aliphatic rings. The van der Waals surface area contributed by atoms with Gasteiger partial charge in [-0.15, -0.1) is 11.3 Å². The molecule has 0 aromatic carbocycles. The van der Waals surface area contributed by atoms with Crippen LogP contribution in [0.3, 0.4) is 0 Å². The van der Waals surface area contributed by atoms with E-state index in [1.807, 2.05) is 12.1 Å². The Labute approximate surface area is 108 Å². The van der Waals surface area contributed by atoms with E-state index in [0.29, 0.717) is 6.54 Å². The van der Waals surface area contributed by atoms with Crippen molar-refractivity contribution >= 4 is 17.1 Å². The SMILES string of the molecule is Cc1ccc(C(=O)CN2CCCC(C)CC2)s1. The van der Waals surface area contributed by atoms with Crippen molar-refractivity contribution in [3.05, 3.63) is 21.9 Å². The third kappa shape index (κ3) is 3.65. The lowest BCUT2D eigenvalue weighted by Crippen LogP contribution is -2.30. The second-order valence-corrected chi connectivity index (χ2v) is 6.43. The molecule has 94 valence electrons. The van der Waals surface area contributed by atoms with E-state index in [-0.39, 0.29) is 5.78 Å². The molecule has 0 amide bonds. The molecule has 1 unspecified atom stereocenters. The number of Topliss-reactive ketones (excluding diaryl/α,β-unsaturated/α-hetero) is 1. The molecule has 2 rings (SSSR count). The highest BCUT2D eigenvalue weighted by atomic mass is 32.1. The minimum atomic E-state index is 0.289. The van der Waals surface area contributed by atoms with E-state index in [9.17, 15) is 4.79 Å². The molecule has 1 aromatic heterocycles. The number of hydrogen-bond acceptors (Lipinski definition) is 3. The summed E-state index contributed by atoms with van der Waals surface area (Å²) >= 11 is 1.61. The number of carbonyl (C=O) groups excluding carboxylic acids is 1. The number of rotatable bonds is 3. The van der Waals surface area contributed by atoms with Crippen LogP contribution in [-0.4, -0.2) is 30.3 Å². The van der Waals surface area contributed by atoms with Crippen molar-refractivity contribution < 1.29 is 4.79 Å². The van der Waals surface area contributed by atoms with Crippen molar-refractivity contribution in [2.24, 2.45) is 5.92 Å². The molecule has 17 heavy (non-hydrogen) atoms. The summed E-state index contributed by atoms with van der Waals surface area (Å²) in [5, 5.41) is 0. The van der Waals surface area contributed by atoms with Crippen LogP contribution in [0, 0.1) is 12.8 Å². The Bertz CT molecular complexity index is 385. The van der Waals surface area contributed by atoms with Gasteiger partial charge in [-0.1, -0.05) is 6.92 Å². The molecule has 1 aromatic rings. The first-order valence-corrected chi connectivity index (χ1v) is 7.29. The zero-order valence-corrected chi connectivity index (χ0v) is 11.6. The molecule has 1 atom stereocenters. The molecule has 1 saturated heterocycles. The topological polar surface area (TPSA) is 20.3 Å². The molecule has 0 bridgehead atoms. The van der Waals surface area contributed by atoms with Gasteiger partial charge in [0.1, 0.15) is 0 Å². The third-order valence-corrected chi connectivity index (χ3v) is 4.53. The first-order chi connectivity index (χ1) is 8.15. The Morgan fingerprint density at radius 2 is 2.24 bits per heavy atom. The predicted molar refractivity (Wildman–Crippen MR) is 72.8 cm³/mol. The molecule has 3 heteroatoms. The lowest BCUT2D eigenvalue weighted by atomic mass is 10.0. The van der Waals surface area contributed by atoms with E-state index in [2.05, 4.69) is 18.7 Å². The van der Waals surface area contributed by atoms with Gasteiger partial charge in [0.15, 0.2) is 5.78 Å². The fourth-order valence-corrected chi connectivity index (χ4v) is 3.14. The smallest absolute Gasteiger partial charge is 0.186 e. The number of aryl methyl sites for hydroxylation is 1. The van der Waals surface area contributed by atoms with Gasteiger partial charge in [-0.25, -0.2) is 0 Å². The fourth-order valence-electron chi connectivity index (χ4n) is 2.35. The number of hydrogen-bond donors (Lipinski definition) is 0. The van der Waals surface area contributed by atoms with Crippen LogP contribution in [0.1, 0.15) is 40.7 Å². The molecular weight excluding hydrogens is 230 g/mol. The largest absolute Gasteiger partial charge is 0.296 e. The third-order valence-electron chi connectivity index (χ3n) is 3.49. The number of carbonyl (C=O) groups is 1. The number of ketones is 1. The van der Waals surface area contributed by atoms with Crippen LogP contribution in [-0.2, 0) is 0 Å². The normalized spacial score (nSPS) is 22.4. The van der Waals surface area contributed by atoms with Crippen molar-refractivity contribution in [2.45, 2.75) is 33.1 Å². The fraction of sp³-hybridized carbons (Fsp3) is 0.643. The maximum Gasteiger partial charge on any atom is 0.186 e.